The Balaban J connectivity index is 1.79. The van der Waals surface area contributed by atoms with E-state index in [1.807, 2.05) is 0 Å². The third kappa shape index (κ3) is 2.93. The van der Waals surface area contributed by atoms with E-state index in [4.69, 9.17) is 14.2 Å². The minimum absolute atomic E-state index is 0.0365. The first kappa shape index (κ1) is 18.5. The highest BCUT2D eigenvalue weighted by atomic mass is 16.6. The van der Waals surface area contributed by atoms with Crippen LogP contribution in [0.1, 0.15) is 60.3 Å². The molecule has 0 aromatic heterocycles. The van der Waals surface area contributed by atoms with E-state index in [0.29, 0.717) is 23.7 Å². The molecule has 0 spiro atoms. The Labute approximate surface area is 157 Å². The number of carbonyl (C=O) groups excluding carboxylic acids is 1. The van der Waals surface area contributed by atoms with Gasteiger partial charge in [0.25, 0.3) is 0 Å². The van der Waals surface area contributed by atoms with Gasteiger partial charge in [-0.3, -0.25) is 4.79 Å². The van der Waals surface area contributed by atoms with E-state index in [9.17, 15) is 4.79 Å². The van der Waals surface area contributed by atoms with Crippen molar-refractivity contribution in [3.63, 3.8) is 0 Å². The molecule has 26 heavy (non-hydrogen) atoms. The lowest BCUT2D eigenvalue weighted by molar-refractivity contribution is -0.160. The van der Waals surface area contributed by atoms with E-state index in [2.05, 4.69) is 33.8 Å². The number of hydrogen-bond acceptors (Lipinski definition) is 4. The maximum atomic E-state index is 11.8. The highest BCUT2D eigenvalue weighted by Gasteiger charge is 2.62. The van der Waals surface area contributed by atoms with Gasteiger partial charge < -0.3 is 14.2 Å². The summed E-state index contributed by atoms with van der Waals surface area (Å²) in [6, 6.07) is 0. The molecule has 2 bridgehead atoms. The summed E-state index contributed by atoms with van der Waals surface area (Å²) in [7, 11) is 0. The van der Waals surface area contributed by atoms with Crippen molar-refractivity contribution < 1.29 is 19.0 Å². The maximum absolute atomic E-state index is 11.8. The van der Waals surface area contributed by atoms with Crippen LogP contribution in [0.2, 0.25) is 0 Å². The highest BCUT2D eigenvalue weighted by Crippen LogP contribution is 2.57. The molecule has 0 amide bonds. The van der Waals surface area contributed by atoms with Gasteiger partial charge in [-0.05, 0) is 63.2 Å². The van der Waals surface area contributed by atoms with Crippen LogP contribution in [0.15, 0.2) is 11.6 Å². The monoisotopic (exact) mass is 362 g/mol. The molecule has 0 radical (unpaired) electrons. The maximum Gasteiger partial charge on any atom is 0.302 e. The van der Waals surface area contributed by atoms with Crippen LogP contribution in [0, 0.1) is 29.6 Å². The van der Waals surface area contributed by atoms with Crippen LogP contribution in [-0.2, 0) is 19.0 Å². The Bertz CT molecular complexity index is 599. The largest absolute Gasteiger partial charge is 0.462 e. The van der Waals surface area contributed by atoms with Gasteiger partial charge in [0.2, 0.25) is 0 Å². The molecule has 2 saturated heterocycles. The standard InChI is InChI=1S/C22H34O4/c1-12-7-6-8-22(5)21-18-16(14(3)11-24-22)10-13(2)20(25-15(4)23)19(18)17(9-12)26-21/h7,13-14,16-21H,6,8-11H2,1-5H3. The molecule has 0 N–H and O–H groups in total. The Morgan fingerprint density at radius 3 is 2.77 bits per heavy atom. The van der Waals surface area contributed by atoms with Crippen LogP contribution < -0.4 is 0 Å². The van der Waals surface area contributed by atoms with Gasteiger partial charge in [-0.15, -0.1) is 0 Å². The number of fused-ring (bicyclic) bond motifs is 2. The summed E-state index contributed by atoms with van der Waals surface area (Å²) in [5, 5.41) is 0. The fraction of sp³-hybridized carbons (Fsp3) is 0.864. The van der Waals surface area contributed by atoms with E-state index < -0.39 is 0 Å². The van der Waals surface area contributed by atoms with Crippen molar-refractivity contribution in [3.05, 3.63) is 11.6 Å². The average Bonchev–Trinajstić information content (AvgIpc) is 2.92. The minimum atomic E-state index is -0.247. The van der Waals surface area contributed by atoms with Crippen LogP contribution in [0.5, 0.6) is 0 Å². The quantitative estimate of drug-likeness (QED) is 0.520. The molecule has 146 valence electrons. The molecule has 3 aliphatic heterocycles. The van der Waals surface area contributed by atoms with Gasteiger partial charge in [0, 0.05) is 12.8 Å². The summed E-state index contributed by atoms with van der Waals surface area (Å²) in [6.07, 6.45) is 6.64. The van der Waals surface area contributed by atoms with Crippen LogP contribution in [0.3, 0.4) is 0 Å². The number of allylic oxidation sites excluding steroid dienone is 1. The first-order valence-corrected chi connectivity index (χ1v) is 10.4. The molecular formula is C22H34O4. The van der Waals surface area contributed by atoms with E-state index in [1.165, 1.54) is 5.57 Å². The Hall–Kier alpha value is -0.870. The topological polar surface area (TPSA) is 44.8 Å². The lowest BCUT2D eigenvalue weighted by Gasteiger charge is -2.46. The van der Waals surface area contributed by atoms with Gasteiger partial charge in [0.05, 0.1) is 24.4 Å². The van der Waals surface area contributed by atoms with E-state index >= 15 is 0 Å². The lowest BCUT2D eigenvalue weighted by Crippen LogP contribution is -2.51. The van der Waals surface area contributed by atoms with Crippen LogP contribution >= 0.6 is 0 Å². The second kappa shape index (κ2) is 6.63. The summed E-state index contributed by atoms with van der Waals surface area (Å²) in [5.74, 6) is 2.01. The minimum Gasteiger partial charge on any atom is -0.462 e. The smallest absolute Gasteiger partial charge is 0.302 e. The summed E-state index contributed by atoms with van der Waals surface area (Å²) >= 11 is 0. The molecular weight excluding hydrogens is 328 g/mol. The van der Waals surface area contributed by atoms with E-state index in [1.54, 1.807) is 6.92 Å². The van der Waals surface area contributed by atoms with Gasteiger partial charge in [-0.2, -0.15) is 0 Å². The zero-order chi connectivity index (χ0) is 18.6. The molecule has 1 aliphatic carbocycles. The van der Waals surface area contributed by atoms with Crippen molar-refractivity contribution in [2.75, 3.05) is 6.61 Å². The molecule has 4 rings (SSSR count). The number of rotatable bonds is 1. The average molecular weight is 363 g/mol. The number of hydrogen-bond donors (Lipinski definition) is 0. The number of ether oxygens (including phenoxy) is 3. The Morgan fingerprint density at radius 1 is 1.27 bits per heavy atom. The molecule has 9 unspecified atom stereocenters. The second-order valence-corrected chi connectivity index (χ2v) is 9.59. The normalized spacial score (nSPS) is 50.7. The summed E-state index contributed by atoms with van der Waals surface area (Å²) in [6.45, 7) is 11.4. The van der Waals surface area contributed by atoms with Gasteiger partial charge in [-0.1, -0.05) is 25.5 Å². The third-order valence-corrected chi connectivity index (χ3v) is 7.59. The predicted molar refractivity (Wildman–Crippen MR) is 99.6 cm³/mol. The molecule has 3 heterocycles. The molecule has 0 aromatic rings. The van der Waals surface area contributed by atoms with Crippen molar-refractivity contribution in [3.8, 4) is 0 Å². The van der Waals surface area contributed by atoms with Crippen molar-refractivity contribution in [2.24, 2.45) is 29.6 Å². The van der Waals surface area contributed by atoms with Crippen molar-refractivity contribution >= 4 is 5.97 Å². The fourth-order valence-corrected chi connectivity index (χ4v) is 6.34. The number of carbonyl (C=O) groups is 1. The zero-order valence-electron chi connectivity index (χ0n) is 16.9. The van der Waals surface area contributed by atoms with Crippen molar-refractivity contribution in [1.29, 1.82) is 0 Å². The molecule has 0 aromatic carbocycles. The van der Waals surface area contributed by atoms with Crippen LogP contribution in [-0.4, -0.2) is 36.5 Å². The van der Waals surface area contributed by atoms with Gasteiger partial charge in [0.1, 0.15) is 6.10 Å². The molecule has 3 fully saturated rings. The van der Waals surface area contributed by atoms with Crippen LogP contribution in [0.25, 0.3) is 0 Å². The molecule has 4 aliphatic rings. The molecule has 1 saturated carbocycles. The fourth-order valence-electron chi connectivity index (χ4n) is 6.34. The molecule has 4 heteroatoms. The lowest BCUT2D eigenvalue weighted by atomic mass is 9.59. The van der Waals surface area contributed by atoms with Crippen molar-refractivity contribution in [1.82, 2.24) is 0 Å². The number of esters is 1. The van der Waals surface area contributed by atoms with Gasteiger partial charge in [0.15, 0.2) is 0 Å². The predicted octanol–water partition coefficient (Wildman–Crippen LogP) is 4.13. The van der Waals surface area contributed by atoms with E-state index in [-0.39, 0.29) is 35.8 Å². The first-order valence-electron chi connectivity index (χ1n) is 10.4. The summed E-state index contributed by atoms with van der Waals surface area (Å²) < 4.78 is 19.2. The molecule has 4 nitrogen and oxygen atoms in total. The summed E-state index contributed by atoms with van der Waals surface area (Å²) in [5.41, 5.74) is 1.14. The first-order chi connectivity index (χ1) is 12.3. The third-order valence-electron chi connectivity index (χ3n) is 7.59. The zero-order valence-corrected chi connectivity index (χ0v) is 16.9. The summed E-state index contributed by atoms with van der Waals surface area (Å²) in [4.78, 5) is 11.8. The molecule has 9 atom stereocenters. The Morgan fingerprint density at radius 2 is 2.04 bits per heavy atom. The van der Waals surface area contributed by atoms with Gasteiger partial charge in [-0.25, -0.2) is 0 Å². The second-order valence-electron chi connectivity index (χ2n) is 9.59. The van der Waals surface area contributed by atoms with Gasteiger partial charge >= 0.3 is 5.97 Å². The van der Waals surface area contributed by atoms with Crippen molar-refractivity contribution in [2.45, 2.75) is 84.2 Å². The van der Waals surface area contributed by atoms with Crippen LogP contribution in [0.4, 0.5) is 0 Å². The van der Waals surface area contributed by atoms with E-state index in [0.717, 1.165) is 32.3 Å². The Kier molecular flexibility index (Phi) is 4.71. The SMILES string of the molecule is CC(=O)OC1C(C)CC2C(C)COC3(C)CCC=C(C)CC4OC3C2C41. The highest BCUT2D eigenvalue weighted by molar-refractivity contribution is 5.66.